The molecule has 0 fully saturated rings. The predicted octanol–water partition coefficient (Wildman–Crippen LogP) is 6.38. The highest BCUT2D eigenvalue weighted by Crippen LogP contribution is 2.40. The molecule has 0 radical (unpaired) electrons. The van der Waals surface area contributed by atoms with Crippen molar-refractivity contribution in [3.05, 3.63) is 99.1 Å². The highest BCUT2D eigenvalue weighted by Gasteiger charge is 2.34. The molecule has 0 unspecified atom stereocenters. The Bertz CT molecular complexity index is 1340. The quantitative estimate of drug-likeness (QED) is 0.348. The zero-order valence-corrected chi connectivity index (χ0v) is 18.9. The van der Waals surface area contributed by atoms with Gasteiger partial charge in [0.05, 0.1) is 22.6 Å². The summed E-state index contributed by atoms with van der Waals surface area (Å²) >= 11 is 9.56. The topological polar surface area (TPSA) is 59.0 Å². The smallest absolute Gasteiger partial charge is 0.255 e. The van der Waals surface area contributed by atoms with Crippen LogP contribution >= 0.6 is 27.5 Å². The van der Waals surface area contributed by atoms with E-state index in [0.717, 1.165) is 26.8 Å². The van der Waals surface area contributed by atoms with E-state index in [2.05, 4.69) is 31.1 Å². The van der Waals surface area contributed by atoms with Crippen LogP contribution in [-0.2, 0) is 4.79 Å². The average Bonchev–Trinajstić information content (AvgIpc) is 3.12. The van der Waals surface area contributed by atoms with Crippen LogP contribution in [0.15, 0.2) is 88.5 Å². The summed E-state index contributed by atoms with van der Waals surface area (Å²) in [6.45, 7) is 1.91. The minimum absolute atomic E-state index is 0.180. The zero-order valence-electron chi connectivity index (χ0n) is 16.6. The highest BCUT2D eigenvalue weighted by atomic mass is 79.9. The molecule has 0 saturated carbocycles. The number of imidazole rings is 1. The molecule has 7 heteroatoms. The van der Waals surface area contributed by atoms with Crippen LogP contribution in [0.4, 0.5) is 11.6 Å². The van der Waals surface area contributed by atoms with Crippen molar-refractivity contribution in [3.8, 4) is 0 Å². The first kappa shape index (κ1) is 19.8. The number of nitrogens with one attached hydrogen (secondary N) is 2. The molecule has 3 aromatic carbocycles. The average molecular weight is 494 g/mol. The Morgan fingerprint density at radius 3 is 2.65 bits per heavy atom. The van der Waals surface area contributed by atoms with Gasteiger partial charge in [-0.05, 0) is 61.0 Å². The molecule has 4 aromatic rings. The summed E-state index contributed by atoms with van der Waals surface area (Å²) in [6, 6.07) is 22.7. The molecule has 31 heavy (non-hydrogen) atoms. The van der Waals surface area contributed by atoms with Crippen LogP contribution in [0.3, 0.4) is 0 Å². The van der Waals surface area contributed by atoms with Crippen LogP contribution in [0.25, 0.3) is 11.0 Å². The van der Waals surface area contributed by atoms with Crippen LogP contribution in [-0.4, -0.2) is 15.5 Å². The van der Waals surface area contributed by atoms with E-state index in [0.29, 0.717) is 22.2 Å². The minimum Gasteiger partial charge on any atom is -0.329 e. The second-order valence-corrected chi connectivity index (χ2v) is 8.73. The molecule has 1 amide bonds. The zero-order chi connectivity index (χ0) is 21.5. The van der Waals surface area contributed by atoms with Crippen LogP contribution in [0.2, 0.25) is 5.02 Å². The van der Waals surface area contributed by atoms with Crippen molar-refractivity contribution in [1.29, 1.82) is 0 Å². The maximum absolute atomic E-state index is 13.5. The molecule has 1 aliphatic heterocycles. The lowest BCUT2D eigenvalue weighted by atomic mass is 9.94. The number of halogens is 2. The second kappa shape index (κ2) is 7.87. The van der Waals surface area contributed by atoms with Crippen molar-refractivity contribution >= 4 is 56.1 Å². The van der Waals surface area contributed by atoms with Crippen LogP contribution in [0, 0.1) is 0 Å². The molecule has 1 aromatic heterocycles. The third kappa shape index (κ3) is 3.62. The molecule has 5 rings (SSSR count). The third-order valence-corrected chi connectivity index (χ3v) is 6.09. The van der Waals surface area contributed by atoms with Gasteiger partial charge >= 0.3 is 0 Å². The lowest BCUT2D eigenvalue weighted by molar-refractivity contribution is -0.113. The van der Waals surface area contributed by atoms with E-state index in [1.807, 2.05) is 55.5 Å². The number of carbonyl (C=O) groups is 1. The normalized spacial score (nSPS) is 15.5. The number of amides is 1. The monoisotopic (exact) mass is 492 g/mol. The predicted molar refractivity (Wildman–Crippen MR) is 128 cm³/mol. The molecule has 2 N–H and O–H groups in total. The van der Waals surface area contributed by atoms with Gasteiger partial charge in [-0.3, -0.25) is 9.36 Å². The van der Waals surface area contributed by atoms with Crippen molar-refractivity contribution in [2.75, 3.05) is 10.6 Å². The molecule has 0 bridgehead atoms. The maximum Gasteiger partial charge on any atom is 0.255 e. The molecule has 154 valence electrons. The number of carbonyl (C=O) groups excluding carboxylic acids is 1. The fourth-order valence-electron chi connectivity index (χ4n) is 3.98. The largest absolute Gasteiger partial charge is 0.329 e. The van der Waals surface area contributed by atoms with E-state index in [-0.39, 0.29) is 11.9 Å². The standard InChI is InChI=1S/C24H18BrClN4O/c1-14-21(23(31)28-18-11-9-17(26)10-12-18)22(15-5-4-6-16(25)13-15)30-20-8-3-2-7-19(20)29-24(30)27-14/h2-13,22H,1H3,(H,27,29)(H,28,31)/t22-/m1/s1. The summed E-state index contributed by atoms with van der Waals surface area (Å²) < 4.78 is 3.03. The van der Waals surface area contributed by atoms with Gasteiger partial charge in [0.25, 0.3) is 5.91 Å². The van der Waals surface area contributed by atoms with Crippen LogP contribution in [0.1, 0.15) is 18.5 Å². The van der Waals surface area contributed by atoms with Gasteiger partial charge in [0.2, 0.25) is 5.95 Å². The van der Waals surface area contributed by atoms with Crippen LogP contribution in [0.5, 0.6) is 0 Å². The van der Waals surface area contributed by atoms with E-state index in [1.54, 1.807) is 24.3 Å². The lowest BCUT2D eigenvalue weighted by Crippen LogP contribution is -2.30. The van der Waals surface area contributed by atoms with Crippen LogP contribution < -0.4 is 10.6 Å². The van der Waals surface area contributed by atoms with Gasteiger partial charge in [-0.15, -0.1) is 0 Å². The summed E-state index contributed by atoms with van der Waals surface area (Å²) in [5.74, 6) is 0.535. The summed E-state index contributed by atoms with van der Waals surface area (Å²) in [4.78, 5) is 18.3. The van der Waals surface area contributed by atoms with Crippen molar-refractivity contribution in [1.82, 2.24) is 9.55 Å². The molecule has 0 aliphatic carbocycles. The Labute approximate surface area is 192 Å². The second-order valence-electron chi connectivity index (χ2n) is 7.38. The van der Waals surface area contributed by atoms with Crippen molar-refractivity contribution in [3.63, 3.8) is 0 Å². The Balaban J connectivity index is 1.66. The minimum atomic E-state index is -0.339. The Morgan fingerprint density at radius 1 is 1.10 bits per heavy atom. The fraction of sp³-hybridized carbons (Fsp3) is 0.0833. The number of anilines is 2. The lowest BCUT2D eigenvalue weighted by Gasteiger charge is -2.31. The van der Waals surface area contributed by atoms with Gasteiger partial charge in [0, 0.05) is 20.9 Å². The van der Waals surface area contributed by atoms with E-state index in [4.69, 9.17) is 16.6 Å². The number of fused-ring (bicyclic) bond motifs is 3. The highest BCUT2D eigenvalue weighted by molar-refractivity contribution is 9.10. The fourth-order valence-corrected chi connectivity index (χ4v) is 4.52. The van der Waals surface area contributed by atoms with Gasteiger partial charge in [-0.2, -0.15) is 0 Å². The first-order valence-electron chi connectivity index (χ1n) is 9.78. The Hall–Kier alpha value is -3.09. The van der Waals surface area contributed by atoms with Gasteiger partial charge < -0.3 is 10.6 Å². The molecule has 5 nitrogen and oxygen atoms in total. The van der Waals surface area contributed by atoms with Gasteiger partial charge in [-0.1, -0.05) is 51.8 Å². The Morgan fingerprint density at radius 2 is 1.87 bits per heavy atom. The van der Waals surface area contributed by atoms with E-state index < -0.39 is 0 Å². The van der Waals surface area contributed by atoms with Gasteiger partial charge in [0.15, 0.2) is 0 Å². The number of hydrogen-bond donors (Lipinski definition) is 2. The first-order valence-corrected chi connectivity index (χ1v) is 11.0. The molecule has 1 atom stereocenters. The Kier molecular flexibility index (Phi) is 5.04. The number of hydrogen-bond acceptors (Lipinski definition) is 3. The van der Waals surface area contributed by atoms with Gasteiger partial charge in [-0.25, -0.2) is 4.98 Å². The summed E-state index contributed by atoms with van der Waals surface area (Å²) in [5.41, 5.74) is 4.89. The summed E-state index contributed by atoms with van der Waals surface area (Å²) in [5, 5.41) is 6.96. The molecule has 2 heterocycles. The van der Waals surface area contributed by atoms with E-state index >= 15 is 0 Å². The molecule has 0 saturated heterocycles. The number of allylic oxidation sites excluding steroid dienone is 1. The van der Waals surface area contributed by atoms with Crippen molar-refractivity contribution in [2.24, 2.45) is 0 Å². The number of aromatic nitrogens is 2. The number of nitrogens with zero attached hydrogens (tertiary/aromatic N) is 2. The van der Waals surface area contributed by atoms with Crippen molar-refractivity contribution in [2.45, 2.75) is 13.0 Å². The summed E-state index contributed by atoms with van der Waals surface area (Å²) in [6.07, 6.45) is 0. The van der Waals surface area contributed by atoms with Crippen molar-refractivity contribution < 1.29 is 4.79 Å². The molecule has 0 spiro atoms. The summed E-state index contributed by atoms with van der Waals surface area (Å²) in [7, 11) is 0. The third-order valence-electron chi connectivity index (χ3n) is 5.34. The first-order chi connectivity index (χ1) is 15.0. The van der Waals surface area contributed by atoms with E-state index in [9.17, 15) is 4.79 Å². The number of para-hydroxylation sites is 2. The number of rotatable bonds is 3. The molecule has 1 aliphatic rings. The maximum atomic E-state index is 13.5. The molecular weight excluding hydrogens is 476 g/mol. The molecular formula is C24H18BrClN4O. The van der Waals surface area contributed by atoms with Gasteiger partial charge in [0.1, 0.15) is 0 Å². The number of benzene rings is 3. The SMILES string of the molecule is CC1=C(C(=O)Nc2ccc(Cl)cc2)[C@@H](c2cccc(Br)c2)n2c(nc3ccccc32)N1. The van der Waals surface area contributed by atoms with E-state index in [1.165, 1.54) is 0 Å².